The van der Waals surface area contributed by atoms with Crippen molar-refractivity contribution in [2.45, 2.75) is 0 Å². The molecule has 3 aromatic rings. The van der Waals surface area contributed by atoms with E-state index in [2.05, 4.69) is 36.6 Å². The van der Waals surface area contributed by atoms with E-state index in [1.807, 2.05) is 60.7 Å². The van der Waals surface area contributed by atoms with Crippen molar-refractivity contribution >= 4 is 5.57 Å². The molecule has 0 aliphatic heterocycles. The van der Waals surface area contributed by atoms with Crippen LogP contribution >= 0.6 is 0 Å². The van der Waals surface area contributed by atoms with E-state index in [9.17, 15) is 0 Å². The molecule has 0 aromatic heterocycles. The van der Waals surface area contributed by atoms with E-state index in [1.165, 1.54) is 5.56 Å². The second-order valence-corrected chi connectivity index (χ2v) is 4.05. The largest absolute Gasteiger partial charge is 2.00 e. The molecule has 0 aliphatic rings. The van der Waals surface area contributed by atoms with E-state index >= 15 is 0 Å². The topological polar surface area (TPSA) is 0 Å². The Bertz CT molecular complexity index is 593. The third kappa shape index (κ3) is 4.57. The molecule has 0 unspecified atom stereocenters. The summed E-state index contributed by atoms with van der Waals surface area (Å²) >= 11 is 0. The molecule has 0 saturated heterocycles. The summed E-state index contributed by atoms with van der Waals surface area (Å²) in [6.45, 7) is 3.73. The van der Waals surface area contributed by atoms with Crippen LogP contribution in [0.1, 0.15) is 11.1 Å². The molecule has 3 aromatic carbocycles. The van der Waals surface area contributed by atoms with Gasteiger partial charge in [0.15, 0.2) is 0 Å². The molecule has 0 atom stereocenters. The summed E-state index contributed by atoms with van der Waals surface area (Å²) in [5, 5.41) is 0. The van der Waals surface area contributed by atoms with E-state index in [0.29, 0.717) is 0 Å². The zero-order chi connectivity index (χ0) is 13.3. The van der Waals surface area contributed by atoms with Crippen molar-refractivity contribution in [3.63, 3.8) is 0 Å². The van der Waals surface area contributed by atoms with Gasteiger partial charge in [-0.1, -0.05) is 53.6 Å². The van der Waals surface area contributed by atoms with Crippen molar-refractivity contribution in [2.75, 3.05) is 0 Å². The Morgan fingerprint density at radius 1 is 0.900 bits per heavy atom. The fourth-order valence-corrected chi connectivity index (χ4v) is 1.84. The summed E-state index contributed by atoms with van der Waals surface area (Å²) in [4.78, 5) is 0. The van der Waals surface area contributed by atoms with Gasteiger partial charge in [-0.2, -0.15) is 30.3 Å². The molecule has 0 amide bonds. The van der Waals surface area contributed by atoms with Gasteiger partial charge in [0.25, 0.3) is 0 Å². The number of benzene rings is 1. The second kappa shape index (κ2) is 8.96. The Kier molecular flexibility index (Phi) is 7.17. The summed E-state index contributed by atoms with van der Waals surface area (Å²) in [5.41, 5.74) is 6.39. The van der Waals surface area contributed by atoms with Gasteiger partial charge in [-0.15, -0.1) is 12.1 Å². The maximum Gasteiger partial charge on any atom is 2.00 e. The summed E-state index contributed by atoms with van der Waals surface area (Å²) in [5.74, 6) is 0. The van der Waals surface area contributed by atoms with Crippen LogP contribution in [0, 0.1) is 0 Å². The van der Waals surface area contributed by atoms with E-state index in [1.54, 1.807) is 0 Å². The Morgan fingerprint density at radius 2 is 1.50 bits per heavy atom. The molecule has 0 heterocycles. The molecule has 1 heteroatoms. The molecular formula is C19H16Fe. The average molecular weight is 300 g/mol. The standard InChI is InChI=1S/C14H11.C5H5.Fe/c1-2-14(13-10-6-7-11-13)12-8-4-3-5-9-12;1-2-4-5-3-1;/h3-11H,1H2;1-5H;/q2*-1;+2. The van der Waals surface area contributed by atoms with Gasteiger partial charge in [0, 0.05) is 0 Å². The molecule has 0 nitrogen and oxygen atoms in total. The van der Waals surface area contributed by atoms with Crippen LogP contribution in [-0.4, -0.2) is 0 Å². The monoisotopic (exact) mass is 300 g/mol. The molecule has 0 aliphatic carbocycles. The molecule has 0 spiro atoms. The van der Waals surface area contributed by atoms with Crippen LogP contribution in [0.15, 0.2) is 97.2 Å². The number of hydrogen-bond acceptors (Lipinski definition) is 0. The minimum Gasteiger partial charge on any atom is -0.217 e. The van der Waals surface area contributed by atoms with E-state index in [0.717, 1.165) is 11.1 Å². The SMILES string of the molecule is C=C=C(c1ccccc1)[c-]1cccc1.[Fe+2].c1cc[cH-]c1. The first-order valence-corrected chi connectivity index (χ1v) is 6.26. The fraction of sp³-hybridized carbons (Fsp3) is 0. The fourth-order valence-electron chi connectivity index (χ4n) is 1.84. The van der Waals surface area contributed by atoms with Crippen LogP contribution in [0.2, 0.25) is 0 Å². The average Bonchev–Trinajstić information content (AvgIpc) is 3.17. The molecule has 0 bridgehead atoms. The van der Waals surface area contributed by atoms with Crippen molar-refractivity contribution in [3.8, 4) is 0 Å². The van der Waals surface area contributed by atoms with Crippen molar-refractivity contribution < 1.29 is 17.1 Å². The smallest absolute Gasteiger partial charge is 0.217 e. The summed E-state index contributed by atoms with van der Waals surface area (Å²) in [6.07, 6.45) is 0. The summed E-state index contributed by atoms with van der Waals surface area (Å²) in [6, 6.07) is 28.4. The predicted molar refractivity (Wildman–Crippen MR) is 82.2 cm³/mol. The van der Waals surface area contributed by atoms with E-state index < -0.39 is 0 Å². The molecule has 3 rings (SSSR count). The minimum absolute atomic E-state index is 0. The predicted octanol–water partition coefficient (Wildman–Crippen LogP) is 5.03. The van der Waals surface area contributed by atoms with E-state index in [4.69, 9.17) is 0 Å². The zero-order valence-corrected chi connectivity index (χ0v) is 12.2. The van der Waals surface area contributed by atoms with Crippen LogP contribution in [-0.2, 0) is 17.1 Å². The molecule has 0 radical (unpaired) electrons. The van der Waals surface area contributed by atoms with E-state index in [-0.39, 0.29) is 17.1 Å². The number of rotatable bonds is 2. The summed E-state index contributed by atoms with van der Waals surface area (Å²) in [7, 11) is 0. The first-order chi connectivity index (χ1) is 9.42. The molecule has 0 fully saturated rings. The third-order valence-corrected chi connectivity index (χ3v) is 2.75. The first kappa shape index (κ1) is 16.0. The van der Waals surface area contributed by atoms with Gasteiger partial charge < -0.3 is 0 Å². The Morgan fingerprint density at radius 3 is 1.95 bits per heavy atom. The minimum atomic E-state index is 0. The molecule has 100 valence electrons. The van der Waals surface area contributed by atoms with Crippen LogP contribution in [0.5, 0.6) is 0 Å². The Labute approximate surface area is 131 Å². The Balaban J connectivity index is 0.000000283. The van der Waals surface area contributed by atoms with Gasteiger partial charge in [-0.25, -0.2) is 17.9 Å². The molecular weight excluding hydrogens is 284 g/mol. The van der Waals surface area contributed by atoms with Gasteiger partial charge in [0.05, 0.1) is 0 Å². The Hall–Kier alpha value is -2.04. The van der Waals surface area contributed by atoms with Crippen molar-refractivity contribution in [3.05, 3.63) is 108 Å². The quantitative estimate of drug-likeness (QED) is 0.354. The maximum absolute atomic E-state index is 3.73. The van der Waals surface area contributed by atoms with Gasteiger partial charge in [0.1, 0.15) is 0 Å². The molecule has 20 heavy (non-hydrogen) atoms. The molecule has 0 saturated carbocycles. The van der Waals surface area contributed by atoms with Gasteiger partial charge in [-0.3, -0.25) is 0 Å². The van der Waals surface area contributed by atoms with Gasteiger partial charge >= 0.3 is 17.1 Å². The summed E-state index contributed by atoms with van der Waals surface area (Å²) < 4.78 is 0. The normalized spacial score (nSPS) is 8.60. The van der Waals surface area contributed by atoms with Crippen LogP contribution < -0.4 is 0 Å². The van der Waals surface area contributed by atoms with Crippen LogP contribution in [0.25, 0.3) is 5.57 Å². The zero-order valence-electron chi connectivity index (χ0n) is 11.1. The third-order valence-electron chi connectivity index (χ3n) is 2.75. The van der Waals surface area contributed by atoms with Gasteiger partial charge in [0.2, 0.25) is 0 Å². The van der Waals surface area contributed by atoms with Crippen LogP contribution in [0.3, 0.4) is 0 Å². The van der Waals surface area contributed by atoms with Crippen molar-refractivity contribution in [1.82, 2.24) is 0 Å². The van der Waals surface area contributed by atoms with Crippen molar-refractivity contribution in [2.24, 2.45) is 0 Å². The second-order valence-electron chi connectivity index (χ2n) is 4.05. The van der Waals surface area contributed by atoms with Crippen molar-refractivity contribution in [1.29, 1.82) is 0 Å². The first-order valence-electron chi connectivity index (χ1n) is 6.26. The maximum atomic E-state index is 3.73. The van der Waals surface area contributed by atoms with Crippen LogP contribution in [0.4, 0.5) is 0 Å². The van der Waals surface area contributed by atoms with Gasteiger partial charge in [-0.05, 0) is 0 Å². The number of hydrogen-bond donors (Lipinski definition) is 0. The molecule has 0 N–H and O–H groups in total.